The van der Waals surface area contributed by atoms with Gasteiger partial charge in [-0.25, -0.2) is 4.39 Å². The van der Waals surface area contributed by atoms with Crippen molar-refractivity contribution in [2.75, 3.05) is 20.7 Å². The minimum atomic E-state index is -0.277. The van der Waals surface area contributed by atoms with Gasteiger partial charge in [-0.1, -0.05) is 13.0 Å². The van der Waals surface area contributed by atoms with Crippen molar-refractivity contribution in [2.45, 2.75) is 19.8 Å². The summed E-state index contributed by atoms with van der Waals surface area (Å²) in [6, 6.07) is 5.18. The molecule has 1 aromatic carbocycles. The lowest BCUT2D eigenvalue weighted by molar-refractivity contribution is 0.385. The Kier molecular flexibility index (Phi) is 5.26. The van der Waals surface area contributed by atoms with Crippen molar-refractivity contribution in [3.05, 3.63) is 29.6 Å². The highest BCUT2D eigenvalue weighted by Crippen LogP contribution is 2.20. The number of halogens is 1. The molecule has 0 aliphatic carbocycles. The van der Waals surface area contributed by atoms with Crippen molar-refractivity contribution in [3.8, 4) is 5.75 Å². The molecule has 0 heterocycles. The maximum absolute atomic E-state index is 13.4. The normalized spacial score (nSPS) is 12.5. The van der Waals surface area contributed by atoms with Gasteiger partial charge in [-0.3, -0.25) is 0 Å². The number of ether oxygens (including phenoxy) is 1. The van der Waals surface area contributed by atoms with E-state index >= 15 is 0 Å². The van der Waals surface area contributed by atoms with Gasteiger partial charge in [0.1, 0.15) is 0 Å². The molecule has 0 saturated carbocycles. The van der Waals surface area contributed by atoms with Crippen LogP contribution in [-0.4, -0.2) is 20.7 Å². The molecule has 0 radical (unpaired) electrons. The van der Waals surface area contributed by atoms with Crippen LogP contribution < -0.4 is 10.1 Å². The van der Waals surface area contributed by atoms with Crippen LogP contribution in [0.2, 0.25) is 0 Å². The molecule has 1 rings (SSSR count). The number of benzene rings is 1. The molecule has 3 heteroatoms. The van der Waals surface area contributed by atoms with E-state index in [2.05, 4.69) is 12.2 Å². The predicted molar refractivity (Wildman–Crippen MR) is 64.4 cm³/mol. The van der Waals surface area contributed by atoms with Crippen molar-refractivity contribution in [1.29, 1.82) is 0 Å². The molecule has 0 bridgehead atoms. The molecular weight excluding hydrogens is 205 g/mol. The van der Waals surface area contributed by atoms with Crippen LogP contribution in [0.4, 0.5) is 4.39 Å². The average molecular weight is 225 g/mol. The van der Waals surface area contributed by atoms with E-state index in [-0.39, 0.29) is 5.82 Å². The van der Waals surface area contributed by atoms with Crippen LogP contribution in [0, 0.1) is 11.7 Å². The second-order valence-corrected chi connectivity index (χ2v) is 4.17. The Bertz CT molecular complexity index is 328. The number of hydrogen-bond acceptors (Lipinski definition) is 2. The quantitative estimate of drug-likeness (QED) is 0.803. The molecule has 0 aliphatic rings. The van der Waals surface area contributed by atoms with Gasteiger partial charge in [-0.15, -0.1) is 0 Å². The summed E-state index contributed by atoms with van der Waals surface area (Å²) in [5, 5.41) is 3.12. The SMILES string of the molecule is CNCCC(C)Cc1ccc(OC)c(F)c1. The summed E-state index contributed by atoms with van der Waals surface area (Å²) in [7, 11) is 3.42. The molecule has 2 nitrogen and oxygen atoms in total. The number of methoxy groups -OCH3 is 1. The summed E-state index contributed by atoms with van der Waals surface area (Å²) in [6.07, 6.45) is 2.01. The number of nitrogens with one attached hydrogen (secondary N) is 1. The Labute approximate surface area is 96.8 Å². The monoisotopic (exact) mass is 225 g/mol. The van der Waals surface area contributed by atoms with Crippen LogP contribution >= 0.6 is 0 Å². The van der Waals surface area contributed by atoms with Crippen LogP contribution in [0.25, 0.3) is 0 Å². The number of hydrogen-bond donors (Lipinski definition) is 1. The highest BCUT2D eigenvalue weighted by atomic mass is 19.1. The fourth-order valence-corrected chi connectivity index (χ4v) is 1.73. The molecule has 1 unspecified atom stereocenters. The molecule has 1 atom stereocenters. The summed E-state index contributed by atoms with van der Waals surface area (Å²) in [5.74, 6) is 0.590. The molecule has 0 spiro atoms. The first-order valence-electron chi connectivity index (χ1n) is 5.64. The molecule has 0 saturated heterocycles. The van der Waals surface area contributed by atoms with Crippen molar-refractivity contribution in [1.82, 2.24) is 5.32 Å². The third-order valence-corrected chi connectivity index (χ3v) is 2.69. The van der Waals surface area contributed by atoms with Crippen molar-refractivity contribution in [3.63, 3.8) is 0 Å². The van der Waals surface area contributed by atoms with E-state index in [1.165, 1.54) is 7.11 Å². The molecule has 0 aliphatic heterocycles. The lowest BCUT2D eigenvalue weighted by Gasteiger charge is -2.11. The van der Waals surface area contributed by atoms with E-state index in [4.69, 9.17) is 4.74 Å². The van der Waals surface area contributed by atoms with E-state index in [1.807, 2.05) is 13.1 Å². The van der Waals surface area contributed by atoms with Gasteiger partial charge in [-0.05, 0) is 50.0 Å². The van der Waals surface area contributed by atoms with Gasteiger partial charge >= 0.3 is 0 Å². The molecule has 0 amide bonds. The first-order valence-corrected chi connectivity index (χ1v) is 5.64. The summed E-state index contributed by atoms with van der Waals surface area (Å²) >= 11 is 0. The lowest BCUT2D eigenvalue weighted by atomic mass is 9.98. The van der Waals surface area contributed by atoms with Gasteiger partial charge in [0.25, 0.3) is 0 Å². The maximum Gasteiger partial charge on any atom is 0.165 e. The minimum Gasteiger partial charge on any atom is -0.494 e. The third kappa shape index (κ3) is 3.81. The molecule has 1 N–H and O–H groups in total. The fraction of sp³-hybridized carbons (Fsp3) is 0.538. The fourth-order valence-electron chi connectivity index (χ4n) is 1.73. The zero-order chi connectivity index (χ0) is 12.0. The van der Waals surface area contributed by atoms with Crippen molar-refractivity contribution >= 4 is 0 Å². The molecule has 1 aromatic rings. The van der Waals surface area contributed by atoms with Crippen LogP contribution in [0.15, 0.2) is 18.2 Å². The Hall–Kier alpha value is -1.09. The molecule has 90 valence electrons. The largest absolute Gasteiger partial charge is 0.494 e. The third-order valence-electron chi connectivity index (χ3n) is 2.69. The first-order chi connectivity index (χ1) is 7.67. The summed E-state index contributed by atoms with van der Waals surface area (Å²) in [4.78, 5) is 0. The topological polar surface area (TPSA) is 21.3 Å². The molecule has 0 fully saturated rings. The smallest absolute Gasteiger partial charge is 0.165 e. The Balaban J connectivity index is 2.57. The van der Waals surface area contributed by atoms with Crippen LogP contribution in [0.3, 0.4) is 0 Å². The lowest BCUT2D eigenvalue weighted by Crippen LogP contribution is -2.12. The number of rotatable bonds is 6. The van der Waals surface area contributed by atoms with Gasteiger partial charge < -0.3 is 10.1 Å². The van der Waals surface area contributed by atoms with Crippen LogP contribution in [0.5, 0.6) is 5.75 Å². The first kappa shape index (κ1) is 13.0. The van der Waals surface area contributed by atoms with Gasteiger partial charge in [0.15, 0.2) is 11.6 Å². The Morgan fingerprint density at radius 2 is 2.19 bits per heavy atom. The summed E-state index contributed by atoms with van der Waals surface area (Å²) in [5.41, 5.74) is 1.03. The minimum absolute atomic E-state index is 0.277. The standard InChI is InChI=1S/C13H20FNO/c1-10(6-7-15-2)8-11-4-5-13(16-3)12(14)9-11/h4-5,9-10,15H,6-8H2,1-3H3. The highest BCUT2D eigenvalue weighted by Gasteiger charge is 2.07. The van der Waals surface area contributed by atoms with E-state index in [0.717, 1.165) is 24.9 Å². The van der Waals surface area contributed by atoms with Crippen molar-refractivity contribution < 1.29 is 9.13 Å². The van der Waals surface area contributed by atoms with E-state index in [1.54, 1.807) is 12.1 Å². The summed E-state index contributed by atoms with van der Waals surface area (Å²) in [6.45, 7) is 3.18. The van der Waals surface area contributed by atoms with E-state index in [9.17, 15) is 4.39 Å². The molecular formula is C13H20FNO. The molecule has 16 heavy (non-hydrogen) atoms. The zero-order valence-corrected chi connectivity index (χ0v) is 10.2. The Morgan fingerprint density at radius 1 is 1.44 bits per heavy atom. The van der Waals surface area contributed by atoms with Gasteiger partial charge in [0.05, 0.1) is 7.11 Å². The van der Waals surface area contributed by atoms with E-state index in [0.29, 0.717) is 11.7 Å². The van der Waals surface area contributed by atoms with Crippen molar-refractivity contribution in [2.24, 2.45) is 5.92 Å². The van der Waals surface area contributed by atoms with E-state index < -0.39 is 0 Å². The van der Waals surface area contributed by atoms with Crippen LogP contribution in [0.1, 0.15) is 18.9 Å². The second-order valence-electron chi connectivity index (χ2n) is 4.17. The zero-order valence-electron chi connectivity index (χ0n) is 10.2. The maximum atomic E-state index is 13.4. The predicted octanol–water partition coefficient (Wildman–Crippen LogP) is 2.62. The van der Waals surface area contributed by atoms with Gasteiger partial charge in [0, 0.05) is 0 Å². The average Bonchev–Trinajstić information content (AvgIpc) is 2.26. The van der Waals surface area contributed by atoms with Crippen LogP contribution in [-0.2, 0) is 6.42 Å². The van der Waals surface area contributed by atoms with Gasteiger partial charge in [0.2, 0.25) is 0 Å². The summed E-state index contributed by atoms with van der Waals surface area (Å²) < 4.78 is 18.3. The highest BCUT2D eigenvalue weighted by molar-refractivity contribution is 5.29. The second kappa shape index (κ2) is 6.48. The van der Waals surface area contributed by atoms with Gasteiger partial charge in [-0.2, -0.15) is 0 Å². The molecule has 0 aromatic heterocycles. The Morgan fingerprint density at radius 3 is 2.75 bits per heavy atom.